The first-order valence-electron chi connectivity index (χ1n) is 12.2. The van der Waals surface area contributed by atoms with Crippen molar-refractivity contribution >= 4 is 23.4 Å². The standard InChI is InChI=1S/C26H32ClN3O5/c27-19-5-1-4-18(14-19)21-7-3-13-30(21)26(35)23(32)22(31)25(34)29-15-16-8-10-17(11-9-16)20-6-2-12-28-24(20)33/h2,6,8-12,18-19,21-23,31-32H,1,3-5,7,13-15H2,(H,28,33)(H,29,34)/t18?,19?,21?,22-,23-/m1/s1. The average molecular weight is 502 g/mol. The van der Waals surface area contributed by atoms with Crippen molar-refractivity contribution in [3.05, 3.63) is 58.5 Å². The molecule has 1 aliphatic carbocycles. The minimum atomic E-state index is -1.86. The molecule has 1 aromatic carbocycles. The molecule has 1 aromatic heterocycles. The summed E-state index contributed by atoms with van der Waals surface area (Å²) in [5, 5.41) is 23.6. The molecular weight excluding hydrogens is 470 g/mol. The van der Waals surface area contributed by atoms with Crippen LogP contribution in [0.1, 0.15) is 44.1 Å². The fraction of sp³-hybridized carbons (Fsp3) is 0.500. The molecular formula is C26H32ClN3O5. The Hall–Kier alpha value is -2.68. The van der Waals surface area contributed by atoms with Crippen molar-refractivity contribution in [2.75, 3.05) is 6.54 Å². The molecule has 9 heteroatoms. The van der Waals surface area contributed by atoms with Crippen LogP contribution in [-0.2, 0) is 16.1 Å². The Bertz CT molecular complexity index is 1090. The molecule has 2 aliphatic rings. The number of H-pyrrole nitrogens is 1. The van der Waals surface area contributed by atoms with Gasteiger partial charge in [-0.05, 0) is 61.3 Å². The number of hydrogen-bond donors (Lipinski definition) is 4. The number of aromatic amines is 1. The third-order valence-corrected chi connectivity index (χ3v) is 7.54. The van der Waals surface area contributed by atoms with E-state index in [0.29, 0.717) is 12.1 Å². The SMILES string of the molecule is O=C(NCc1ccc(-c2ccc[nH]c2=O)cc1)[C@H](O)[C@@H](O)C(=O)N1CCCC1C1CCCC(Cl)C1. The first-order valence-corrected chi connectivity index (χ1v) is 12.6. The number of halogens is 1. The van der Waals surface area contributed by atoms with Gasteiger partial charge in [-0.3, -0.25) is 14.4 Å². The Kier molecular flexibility index (Phi) is 8.26. The van der Waals surface area contributed by atoms with Crippen LogP contribution in [0, 0.1) is 5.92 Å². The molecule has 0 spiro atoms. The van der Waals surface area contributed by atoms with Gasteiger partial charge in [-0.2, -0.15) is 0 Å². The van der Waals surface area contributed by atoms with Gasteiger partial charge in [0.1, 0.15) is 0 Å². The smallest absolute Gasteiger partial charge is 0.255 e. The van der Waals surface area contributed by atoms with Gasteiger partial charge in [-0.1, -0.05) is 30.7 Å². The van der Waals surface area contributed by atoms with Crippen LogP contribution in [0.2, 0.25) is 0 Å². The molecule has 35 heavy (non-hydrogen) atoms. The maximum absolute atomic E-state index is 13.0. The molecule has 4 N–H and O–H groups in total. The highest BCUT2D eigenvalue weighted by molar-refractivity contribution is 6.20. The van der Waals surface area contributed by atoms with Gasteiger partial charge < -0.3 is 25.4 Å². The highest BCUT2D eigenvalue weighted by Crippen LogP contribution is 2.36. The second-order valence-corrected chi connectivity index (χ2v) is 10.1. The number of carbonyl (C=O) groups excluding carboxylic acids is 2. The van der Waals surface area contributed by atoms with Crippen LogP contribution >= 0.6 is 11.6 Å². The topological polar surface area (TPSA) is 123 Å². The molecule has 2 aromatic rings. The van der Waals surface area contributed by atoms with Crippen molar-refractivity contribution in [1.29, 1.82) is 0 Å². The molecule has 2 amide bonds. The lowest BCUT2D eigenvalue weighted by Crippen LogP contribution is -2.53. The summed E-state index contributed by atoms with van der Waals surface area (Å²) < 4.78 is 0. The summed E-state index contributed by atoms with van der Waals surface area (Å²) in [6.07, 6.45) is 3.40. The largest absolute Gasteiger partial charge is 0.380 e. The van der Waals surface area contributed by atoms with E-state index in [9.17, 15) is 24.6 Å². The first-order chi connectivity index (χ1) is 16.8. The van der Waals surface area contributed by atoms with E-state index in [2.05, 4.69) is 10.3 Å². The van der Waals surface area contributed by atoms with E-state index >= 15 is 0 Å². The maximum Gasteiger partial charge on any atom is 0.255 e. The van der Waals surface area contributed by atoms with E-state index in [0.717, 1.165) is 49.7 Å². The van der Waals surface area contributed by atoms with Gasteiger partial charge in [-0.25, -0.2) is 0 Å². The van der Waals surface area contributed by atoms with Crippen LogP contribution in [0.25, 0.3) is 11.1 Å². The molecule has 0 bridgehead atoms. The van der Waals surface area contributed by atoms with Crippen LogP contribution in [-0.4, -0.2) is 62.1 Å². The highest BCUT2D eigenvalue weighted by Gasteiger charge is 2.41. The fourth-order valence-electron chi connectivity index (χ4n) is 5.26. The fourth-order valence-corrected chi connectivity index (χ4v) is 5.65. The van der Waals surface area contributed by atoms with E-state index < -0.39 is 24.0 Å². The van der Waals surface area contributed by atoms with Crippen molar-refractivity contribution < 1.29 is 19.8 Å². The Labute approximate surface area is 209 Å². The van der Waals surface area contributed by atoms with Gasteiger partial charge in [0.25, 0.3) is 17.4 Å². The van der Waals surface area contributed by atoms with Crippen LogP contribution in [0.15, 0.2) is 47.4 Å². The van der Waals surface area contributed by atoms with Crippen molar-refractivity contribution in [3.8, 4) is 11.1 Å². The molecule has 2 heterocycles. The second kappa shape index (κ2) is 11.4. The molecule has 2 fully saturated rings. The Morgan fingerprint density at radius 3 is 2.57 bits per heavy atom. The number of rotatable bonds is 7. The number of nitrogens with one attached hydrogen (secondary N) is 2. The Morgan fingerprint density at radius 1 is 1.09 bits per heavy atom. The second-order valence-electron chi connectivity index (χ2n) is 9.48. The van der Waals surface area contributed by atoms with Crippen LogP contribution in [0.5, 0.6) is 0 Å². The molecule has 1 saturated carbocycles. The summed E-state index contributed by atoms with van der Waals surface area (Å²) in [5.74, 6) is -1.14. The predicted octanol–water partition coefficient (Wildman–Crippen LogP) is 2.17. The summed E-state index contributed by atoms with van der Waals surface area (Å²) in [7, 11) is 0. The number of hydrogen-bond acceptors (Lipinski definition) is 5. The maximum atomic E-state index is 13.0. The lowest BCUT2D eigenvalue weighted by Gasteiger charge is -2.36. The zero-order chi connectivity index (χ0) is 24.9. The molecule has 0 radical (unpaired) electrons. The monoisotopic (exact) mass is 501 g/mol. The van der Waals surface area contributed by atoms with Crippen molar-refractivity contribution in [2.45, 2.75) is 68.7 Å². The Morgan fingerprint density at radius 2 is 1.86 bits per heavy atom. The number of aliphatic hydroxyl groups is 2. The van der Waals surface area contributed by atoms with E-state index in [-0.39, 0.29) is 29.4 Å². The minimum absolute atomic E-state index is 0.00988. The molecule has 8 nitrogen and oxygen atoms in total. The summed E-state index contributed by atoms with van der Waals surface area (Å²) in [6, 6.07) is 10.5. The minimum Gasteiger partial charge on any atom is -0.380 e. The number of aromatic nitrogens is 1. The molecule has 1 saturated heterocycles. The van der Waals surface area contributed by atoms with Gasteiger partial charge in [0, 0.05) is 36.3 Å². The van der Waals surface area contributed by atoms with E-state index in [1.807, 2.05) is 0 Å². The number of carbonyl (C=O) groups is 2. The number of likely N-dealkylation sites (tertiary alicyclic amines) is 1. The van der Waals surface area contributed by atoms with Crippen LogP contribution < -0.4 is 10.9 Å². The summed E-state index contributed by atoms with van der Waals surface area (Å²) in [4.78, 5) is 41.6. The van der Waals surface area contributed by atoms with Gasteiger partial charge in [0.15, 0.2) is 12.2 Å². The number of alkyl halides is 1. The molecule has 5 atom stereocenters. The average Bonchev–Trinajstić information content (AvgIpc) is 3.37. The zero-order valence-electron chi connectivity index (χ0n) is 19.5. The third-order valence-electron chi connectivity index (χ3n) is 7.15. The summed E-state index contributed by atoms with van der Waals surface area (Å²) >= 11 is 6.34. The van der Waals surface area contributed by atoms with Crippen LogP contribution in [0.4, 0.5) is 0 Å². The third kappa shape index (κ3) is 5.94. The zero-order valence-corrected chi connectivity index (χ0v) is 20.3. The predicted molar refractivity (Wildman–Crippen MR) is 133 cm³/mol. The van der Waals surface area contributed by atoms with Crippen LogP contribution in [0.3, 0.4) is 0 Å². The number of benzene rings is 1. The Balaban J connectivity index is 1.32. The van der Waals surface area contributed by atoms with Crippen molar-refractivity contribution in [1.82, 2.24) is 15.2 Å². The van der Waals surface area contributed by atoms with Gasteiger partial charge in [0.2, 0.25) is 0 Å². The quantitative estimate of drug-likeness (QED) is 0.433. The van der Waals surface area contributed by atoms with E-state index in [4.69, 9.17) is 11.6 Å². The molecule has 3 unspecified atom stereocenters. The number of aliphatic hydroxyl groups excluding tert-OH is 2. The number of nitrogens with zero attached hydrogens (tertiary/aromatic N) is 1. The van der Waals surface area contributed by atoms with Gasteiger partial charge >= 0.3 is 0 Å². The van der Waals surface area contributed by atoms with Crippen molar-refractivity contribution in [2.24, 2.45) is 5.92 Å². The molecule has 188 valence electrons. The van der Waals surface area contributed by atoms with E-state index in [1.165, 1.54) is 0 Å². The highest BCUT2D eigenvalue weighted by atomic mass is 35.5. The van der Waals surface area contributed by atoms with Gasteiger partial charge in [-0.15, -0.1) is 11.6 Å². The van der Waals surface area contributed by atoms with Gasteiger partial charge in [0.05, 0.1) is 0 Å². The van der Waals surface area contributed by atoms with Crippen molar-refractivity contribution in [3.63, 3.8) is 0 Å². The number of amides is 2. The normalized spacial score (nSPS) is 24.1. The summed E-state index contributed by atoms with van der Waals surface area (Å²) in [5.41, 5.74) is 1.83. The lowest BCUT2D eigenvalue weighted by molar-refractivity contribution is -0.154. The summed E-state index contributed by atoms with van der Waals surface area (Å²) in [6.45, 7) is 0.614. The molecule has 1 aliphatic heterocycles. The first kappa shape index (κ1) is 25.4. The van der Waals surface area contributed by atoms with E-state index in [1.54, 1.807) is 47.5 Å². The number of pyridine rings is 1. The lowest BCUT2D eigenvalue weighted by atomic mass is 9.82. The molecule has 4 rings (SSSR count).